The lowest BCUT2D eigenvalue weighted by molar-refractivity contribution is 0.0909. The molecule has 21 heavy (non-hydrogen) atoms. The molecule has 114 valence electrons. The first-order valence-electron chi connectivity index (χ1n) is 7.36. The number of aryl methyl sites for hydroxylation is 1. The summed E-state index contributed by atoms with van der Waals surface area (Å²) in [6.45, 7) is 1.62. The molecule has 2 atom stereocenters. The van der Waals surface area contributed by atoms with Crippen LogP contribution < -0.4 is 5.32 Å². The lowest BCUT2D eigenvalue weighted by atomic mass is 9.97. The Bertz CT molecular complexity index is 629. The molecule has 0 saturated carbocycles. The summed E-state index contributed by atoms with van der Waals surface area (Å²) in [5.74, 6) is -1.73. The molecule has 1 saturated heterocycles. The highest BCUT2D eigenvalue weighted by Crippen LogP contribution is 2.19. The number of benzene rings is 1. The number of halogens is 2. The number of hydrogen-bond acceptors (Lipinski definition) is 3. The Morgan fingerprint density at radius 2 is 2.14 bits per heavy atom. The summed E-state index contributed by atoms with van der Waals surface area (Å²) >= 11 is 0. The number of nitrogens with zero attached hydrogens (tertiary/aromatic N) is 2. The van der Waals surface area contributed by atoms with Gasteiger partial charge in [-0.15, -0.1) is 0 Å². The molecule has 0 spiro atoms. The van der Waals surface area contributed by atoms with Crippen molar-refractivity contribution in [1.82, 2.24) is 14.9 Å². The molecule has 0 bridgehead atoms. The fraction of sp³-hybridized carbons (Fsp3) is 0.533. The molecule has 0 unspecified atom stereocenters. The van der Waals surface area contributed by atoms with Gasteiger partial charge in [-0.25, -0.2) is 13.8 Å². The Labute approximate surface area is 121 Å². The molecular formula is C15H19F2N3O. The summed E-state index contributed by atoms with van der Waals surface area (Å²) in [6, 6.07) is 2.43. The van der Waals surface area contributed by atoms with E-state index in [0.717, 1.165) is 38.3 Å². The van der Waals surface area contributed by atoms with E-state index < -0.39 is 11.6 Å². The summed E-state index contributed by atoms with van der Waals surface area (Å²) in [6.07, 6.45) is 4.87. The van der Waals surface area contributed by atoms with Crippen molar-refractivity contribution in [1.29, 1.82) is 0 Å². The predicted molar refractivity (Wildman–Crippen MR) is 75.9 cm³/mol. The number of aromatic nitrogens is 2. The van der Waals surface area contributed by atoms with Crippen LogP contribution in [-0.4, -0.2) is 33.3 Å². The fourth-order valence-electron chi connectivity index (χ4n) is 2.94. The smallest absolute Gasteiger partial charge is 0.161 e. The maximum absolute atomic E-state index is 13.3. The van der Waals surface area contributed by atoms with Gasteiger partial charge in [0.15, 0.2) is 11.6 Å². The summed E-state index contributed by atoms with van der Waals surface area (Å²) < 4.78 is 28.3. The van der Waals surface area contributed by atoms with Crippen molar-refractivity contribution < 1.29 is 13.9 Å². The van der Waals surface area contributed by atoms with Gasteiger partial charge in [0.1, 0.15) is 0 Å². The van der Waals surface area contributed by atoms with Crippen LogP contribution in [-0.2, 0) is 6.54 Å². The van der Waals surface area contributed by atoms with Crippen molar-refractivity contribution in [2.24, 2.45) is 0 Å². The summed E-state index contributed by atoms with van der Waals surface area (Å²) in [5, 5.41) is 13.2. The van der Waals surface area contributed by atoms with Crippen molar-refractivity contribution in [3.8, 4) is 0 Å². The zero-order valence-corrected chi connectivity index (χ0v) is 11.7. The van der Waals surface area contributed by atoms with Crippen LogP contribution in [0.4, 0.5) is 8.78 Å². The molecule has 2 aromatic rings. The van der Waals surface area contributed by atoms with Crippen LogP contribution in [0.25, 0.3) is 11.0 Å². The Morgan fingerprint density at radius 3 is 2.95 bits per heavy atom. The van der Waals surface area contributed by atoms with Crippen LogP contribution >= 0.6 is 0 Å². The van der Waals surface area contributed by atoms with Gasteiger partial charge in [0.05, 0.1) is 23.5 Å². The van der Waals surface area contributed by atoms with Crippen LogP contribution in [0.1, 0.15) is 25.7 Å². The number of hydrogen-bond donors (Lipinski definition) is 2. The van der Waals surface area contributed by atoms with Crippen LogP contribution in [0.5, 0.6) is 0 Å². The van der Waals surface area contributed by atoms with Gasteiger partial charge in [0, 0.05) is 24.7 Å². The Kier molecular flexibility index (Phi) is 4.17. The van der Waals surface area contributed by atoms with Gasteiger partial charge < -0.3 is 15.0 Å². The largest absolute Gasteiger partial charge is 0.392 e. The van der Waals surface area contributed by atoms with E-state index in [1.165, 1.54) is 6.07 Å². The van der Waals surface area contributed by atoms with Gasteiger partial charge in [-0.1, -0.05) is 0 Å². The second kappa shape index (κ2) is 6.07. The first-order valence-corrected chi connectivity index (χ1v) is 7.36. The molecule has 4 nitrogen and oxygen atoms in total. The van der Waals surface area contributed by atoms with Gasteiger partial charge >= 0.3 is 0 Å². The predicted octanol–water partition coefficient (Wildman–Crippen LogP) is 2.21. The molecule has 6 heteroatoms. The van der Waals surface area contributed by atoms with Crippen molar-refractivity contribution in [3.63, 3.8) is 0 Å². The van der Waals surface area contributed by atoms with Crippen LogP contribution in [0.2, 0.25) is 0 Å². The molecule has 1 aromatic heterocycles. The number of piperidine rings is 1. The molecule has 1 aliphatic rings. The summed E-state index contributed by atoms with van der Waals surface area (Å²) in [4.78, 5) is 4.09. The summed E-state index contributed by atoms with van der Waals surface area (Å²) in [7, 11) is 0. The molecule has 1 aromatic carbocycles. The normalized spacial score (nSPS) is 22.8. The van der Waals surface area contributed by atoms with E-state index >= 15 is 0 Å². The minimum atomic E-state index is -0.873. The molecule has 2 N–H and O–H groups in total. The fourth-order valence-corrected chi connectivity index (χ4v) is 2.94. The van der Waals surface area contributed by atoms with E-state index in [1.807, 2.05) is 4.57 Å². The van der Waals surface area contributed by atoms with Gasteiger partial charge in [-0.05, 0) is 32.2 Å². The van der Waals surface area contributed by atoms with Crippen LogP contribution in [0, 0.1) is 11.6 Å². The number of aliphatic hydroxyl groups excluding tert-OH is 1. The topological polar surface area (TPSA) is 50.1 Å². The number of rotatable bonds is 4. The number of imidazole rings is 1. The second-order valence-electron chi connectivity index (χ2n) is 5.61. The molecular weight excluding hydrogens is 276 g/mol. The number of fused-ring (bicyclic) bond motifs is 1. The van der Waals surface area contributed by atoms with Crippen molar-refractivity contribution in [3.05, 3.63) is 30.1 Å². The van der Waals surface area contributed by atoms with E-state index in [9.17, 15) is 13.9 Å². The third-order valence-corrected chi connectivity index (χ3v) is 4.12. The standard InChI is InChI=1S/C15H19F2N3O/c16-10-7-13-14(8-11(10)17)20(9-19-13)6-2-3-12-15(21)4-1-5-18-12/h7-9,12,15,18,21H,1-6H2/t12-,15+/m1/s1. The van der Waals surface area contributed by atoms with E-state index in [1.54, 1.807) is 6.33 Å². The maximum atomic E-state index is 13.3. The highest BCUT2D eigenvalue weighted by atomic mass is 19.2. The van der Waals surface area contributed by atoms with Gasteiger partial charge in [0.2, 0.25) is 0 Å². The molecule has 3 rings (SSSR count). The molecule has 1 fully saturated rings. The average molecular weight is 295 g/mol. The van der Waals surface area contributed by atoms with E-state index in [4.69, 9.17) is 0 Å². The minimum Gasteiger partial charge on any atom is -0.392 e. The Hall–Kier alpha value is -1.53. The lowest BCUT2D eigenvalue weighted by Gasteiger charge is -2.29. The van der Waals surface area contributed by atoms with Crippen molar-refractivity contribution >= 4 is 11.0 Å². The molecule has 0 amide bonds. The van der Waals surface area contributed by atoms with E-state index in [0.29, 0.717) is 17.6 Å². The van der Waals surface area contributed by atoms with Gasteiger partial charge in [0.25, 0.3) is 0 Å². The molecule has 0 radical (unpaired) electrons. The minimum absolute atomic E-state index is 0.128. The highest BCUT2D eigenvalue weighted by molar-refractivity contribution is 5.75. The van der Waals surface area contributed by atoms with Gasteiger partial charge in [-0.2, -0.15) is 0 Å². The maximum Gasteiger partial charge on any atom is 0.161 e. The Balaban J connectivity index is 1.64. The SMILES string of the molecule is O[C@H]1CCCN[C@@H]1CCCn1cnc2cc(F)c(F)cc21. The number of aliphatic hydroxyl groups is 1. The second-order valence-corrected chi connectivity index (χ2v) is 5.61. The monoisotopic (exact) mass is 295 g/mol. The summed E-state index contributed by atoms with van der Waals surface area (Å²) in [5.41, 5.74) is 1.07. The molecule has 1 aliphatic heterocycles. The zero-order valence-electron chi connectivity index (χ0n) is 11.7. The lowest BCUT2D eigenvalue weighted by Crippen LogP contribution is -2.44. The molecule has 0 aliphatic carbocycles. The van der Waals surface area contributed by atoms with Crippen LogP contribution in [0.3, 0.4) is 0 Å². The highest BCUT2D eigenvalue weighted by Gasteiger charge is 2.21. The first kappa shape index (κ1) is 14.4. The third kappa shape index (κ3) is 3.06. The number of nitrogens with one attached hydrogen (secondary N) is 1. The average Bonchev–Trinajstić information content (AvgIpc) is 2.84. The quantitative estimate of drug-likeness (QED) is 0.909. The first-order chi connectivity index (χ1) is 10.1. The van der Waals surface area contributed by atoms with E-state index in [-0.39, 0.29) is 12.1 Å². The van der Waals surface area contributed by atoms with Crippen molar-refractivity contribution in [2.45, 2.75) is 44.4 Å². The van der Waals surface area contributed by atoms with E-state index in [2.05, 4.69) is 10.3 Å². The molecule has 2 heterocycles. The zero-order chi connectivity index (χ0) is 14.8. The van der Waals surface area contributed by atoms with Crippen molar-refractivity contribution in [2.75, 3.05) is 6.54 Å². The van der Waals surface area contributed by atoms with Gasteiger partial charge in [-0.3, -0.25) is 0 Å². The Morgan fingerprint density at radius 1 is 1.33 bits per heavy atom. The van der Waals surface area contributed by atoms with Crippen LogP contribution in [0.15, 0.2) is 18.5 Å². The third-order valence-electron chi connectivity index (χ3n) is 4.12.